The summed E-state index contributed by atoms with van der Waals surface area (Å²) in [6.07, 6.45) is 5.03. The number of hydrogen-bond donors (Lipinski definition) is 1. The number of nitrogens with zero attached hydrogens (tertiary/aromatic N) is 4. The molecule has 2 aliphatic heterocycles. The van der Waals surface area contributed by atoms with Crippen LogP contribution in [0.4, 0.5) is 0 Å². The van der Waals surface area contributed by atoms with Crippen LogP contribution in [0.5, 0.6) is 0 Å². The van der Waals surface area contributed by atoms with Gasteiger partial charge in [0.2, 0.25) is 17.7 Å². The monoisotopic (exact) mass is 419 g/mol. The normalized spacial score (nSPS) is 34.6. The van der Waals surface area contributed by atoms with Gasteiger partial charge in [-0.05, 0) is 50.9 Å². The molecule has 8 nitrogen and oxygen atoms in total. The number of piperazine rings is 1. The van der Waals surface area contributed by atoms with Crippen LogP contribution in [0.25, 0.3) is 0 Å². The third kappa shape index (κ3) is 4.21. The number of nitrogens with one attached hydrogen (secondary N) is 1. The summed E-state index contributed by atoms with van der Waals surface area (Å²) in [6.45, 7) is 6.55. The van der Waals surface area contributed by atoms with Crippen LogP contribution in [-0.4, -0.2) is 95.8 Å². The van der Waals surface area contributed by atoms with Gasteiger partial charge in [-0.3, -0.25) is 19.8 Å². The van der Waals surface area contributed by atoms with Gasteiger partial charge in [0.1, 0.15) is 0 Å². The standard InChI is InChI=1S/C22H37N5O3/c1-14-11-26(22(30)16-5-6-16)20-9-17(7-8-19(20)27(14)15(2)28)18-10-23-25(12-18)13-21(29)24(3)4/h14,16-20,23H,5-13H2,1-4H3/t14-,17?,18?,19?,20?/m0/s1. The van der Waals surface area contributed by atoms with Crippen LogP contribution in [0.2, 0.25) is 0 Å². The Morgan fingerprint density at radius 3 is 2.37 bits per heavy atom. The van der Waals surface area contributed by atoms with Crippen LogP contribution in [0.15, 0.2) is 0 Å². The lowest BCUT2D eigenvalue weighted by Crippen LogP contribution is -2.67. The highest BCUT2D eigenvalue weighted by atomic mass is 16.2. The SMILES string of the molecule is CC(=O)N1C2CCC(C3CNN(CC(=O)N(C)C)C3)CC2N(C(=O)C2CC2)C[C@@H]1C. The first kappa shape index (κ1) is 21.6. The van der Waals surface area contributed by atoms with Gasteiger partial charge in [0.15, 0.2) is 0 Å². The van der Waals surface area contributed by atoms with Gasteiger partial charge in [-0.25, -0.2) is 5.01 Å². The van der Waals surface area contributed by atoms with E-state index in [0.29, 0.717) is 30.8 Å². The van der Waals surface area contributed by atoms with Crippen molar-refractivity contribution < 1.29 is 14.4 Å². The van der Waals surface area contributed by atoms with Crippen molar-refractivity contribution >= 4 is 17.7 Å². The average molecular weight is 420 g/mol. The molecule has 0 aromatic heterocycles. The number of fused-ring (bicyclic) bond motifs is 1. The van der Waals surface area contributed by atoms with Gasteiger partial charge >= 0.3 is 0 Å². The maximum Gasteiger partial charge on any atom is 0.237 e. The summed E-state index contributed by atoms with van der Waals surface area (Å²) in [6, 6.07) is 0.365. The topological polar surface area (TPSA) is 76.2 Å². The fraction of sp³-hybridized carbons (Fsp3) is 0.864. The zero-order valence-corrected chi connectivity index (χ0v) is 18.8. The summed E-state index contributed by atoms with van der Waals surface area (Å²) in [5.41, 5.74) is 3.40. The molecule has 8 heteroatoms. The highest BCUT2D eigenvalue weighted by Crippen LogP contribution is 2.41. The van der Waals surface area contributed by atoms with Crippen LogP contribution < -0.4 is 5.43 Å². The number of carbonyl (C=O) groups is 3. The predicted octanol–water partition coefficient (Wildman–Crippen LogP) is 0.538. The Balaban J connectivity index is 1.45. The number of rotatable bonds is 4. The van der Waals surface area contributed by atoms with Crippen molar-refractivity contribution in [3.8, 4) is 0 Å². The lowest BCUT2D eigenvalue weighted by Gasteiger charge is -2.54. The molecule has 2 heterocycles. The Kier molecular flexibility index (Phi) is 6.08. The molecule has 4 fully saturated rings. The molecule has 4 unspecified atom stereocenters. The summed E-state index contributed by atoms with van der Waals surface area (Å²) in [5.74, 6) is 1.74. The molecule has 1 N–H and O–H groups in total. The van der Waals surface area contributed by atoms with Crippen LogP contribution >= 0.6 is 0 Å². The van der Waals surface area contributed by atoms with Crippen molar-refractivity contribution in [2.75, 3.05) is 40.3 Å². The zero-order valence-electron chi connectivity index (χ0n) is 18.8. The fourth-order valence-corrected chi connectivity index (χ4v) is 5.85. The molecule has 5 atom stereocenters. The van der Waals surface area contributed by atoms with E-state index in [2.05, 4.69) is 17.2 Å². The van der Waals surface area contributed by atoms with Crippen LogP contribution in [0.3, 0.4) is 0 Å². The smallest absolute Gasteiger partial charge is 0.237 e. The Bertz CT molecular complexity index is 694. The minimum absolute atomic E-state index is 0.0867. The number of carbonyl (C=O) groups excluding carboxylic acids is 3. The van der Waals surface area contributed by atoms with Crippen LogP contribution in [-0.2, 0) is 14.4 Å². The molecule has 3 amide bonds. The molecule has 0 radical (unpaired) electrons. The molecule has 2 aliphatic carbocycles. The van der Waals surface area contributed by atoms with E-state index in [9.17, 15) is 14.4 Å². The maximum absolute atomic E-state index is 13.1. The number of hydrazine groups is 1. The Morgan fingerprint density at radius 2 is 1.73 bits per heavy atom. The van der Waals surface area contributed by atoms with E-state index in [0.717, 1.165) is 45.2 Å². The van der Waals surface area contributed by atoms with E-state index < -0.39 is 0 Å². The van der Waals surface area contributed by atoms with Crippen molar-refractivity contribution in [2.45, 2.75) is 64.1 Å². The molecule has 0 aromatic carbocycles. The lowest BCUT2D eigenvalue weighted by atomic mass is 9.73. The molecule has 2 saturated heterocycles. The highest BCUT2D eigenvalue weighted by Gasteiger charge is 2.49. The summed E-state index contributed by atoms with van der Waals surface area (Å²) in [5, 5.41) is 2.04. The molecule has 0 spiro atoms. The Labute approximate surface area is 179 Å². The minimum Gasteiger partial charge on any atom is -0.348 e. The second-order valence-electron chi connectivity index (χ2n) is 10.0. The third-order valence-electron chi connectivity index (χ3n) is 7.61. The van der Waals surface area contributed by atoms with Gasteiger partial charge in [-0.15, -0.1) is 0 Å². The van der Waals surface area contributed by atoms with Crippen LogP contribution in [0, 0.1) is 17.8 Å². The molecule has 30 heavy (non-hydrogen) atoms. The molecular formula is C22H37N5O3. The Morgan fingerprint density at radius 1 is 1.00 bits per heavy atom. The quantitative estimate of drug-likeness (QED) is 0.720. The largest absolute Gasteiger partial charge is 0.348 e. The number of hydrogen-bond acceptors (Lipinski definition) is 5. The van der Waals surface area contributed by atoms with E-state index >= 15 is 0 Å². The molecule has 2 saturated carbocycles. The molecule has 4 aliphatic rings. The van der Waals surface area contributed by atoms with Gasteiger partial charge < -0.3 is 14.7 Å². The molecule has 0 aromatic rings. The Hall–Kier alpha value is -1.67. The summed E-state index contributed by atoms with van der Waals surface area (Å²) in [7, 11) is 3.57. The first-order valence-electron chi connectivity index (χ1n) is 11.5. The van der Waals surface area contributed by atoms with Gasteiger partial charge in [0.25, 0.3) is 0 Å². The third-order valence-corrected chi connectivity index (χ3v) is 7.61. The van der Waals surface area contributed by atoms with Crippen molar-refractivity contribution in [2.24, 2.45) is 17.8 Å². The van der Waals surface area contributed by atoms with E-state index in [1.54, 1.807) is 25.9 Å². The van der Waals surface area contributed by atoms with Gasteiger partial charge in [-0.2, -0.15) is 0 Å². The van der Waals surface area contributed by atoms with Gasteiger partial charge in [0.05, 0.1) is 18.6 Å². The summed E-state index contributed by atoms with van der Waals surface area (Å²) >= 11 is 0. The van der Waals surface area contributed by atoms with Crippen molar-refractivity contribution in [3.05, 3.63) is 0 Å². The molecular weight excluding hydrogens is 382 g/mol. The van der Waals surface area contributed by atoms with Gasteiger partial charge in [-0.1, -0.05) is 0 Å². The van der Waals surface area contributed by atoms with Crippen molar-refractivity contribution in [1.29, 1.82) is 0 Å². The van der Waals surface area contributed by atoms with E-state index in [1.807, 2.05) is 9.91 Å². The second-order valence-corrected chi connectivity index (χ2v) is 10.0. The van der Waals surface area contributed by atoms with Crippen molar-refractivity contribution in [1.82, 2.24) is 25.1 Å². The highest BCUT2D eigenvalue weighted by molar-refractivity contribution is 5.82. The van der Waals surface area contributed by atoms with Crippen molar-refractivity contribution in [3.63, 3.8) is 0 Å². The van der Waals surface area contributed by atoms with E-state index in [-0.39, 0.29) is 35.9 Å². The van der Waals surface area contributed by atoms with Gasteiger partial charge in [0, 0.05) is 52.6 Å². The molecule has 0 bridgehead atoms. The lowest BCUT2D eigenvalue weighted by molar-refractivity contribution is -0.155. The predicted molar refractivity (Wildman–Crippen MR) is 113 cm³/mol. The van der Waals surface area contributed by atoms with E-state index in [1.165, 1.54) is 0 Å². The summed E-state index contributed by atoms with van der Waals surface area (Å²) < 4.78 is 0. The second kappa shape index (κ2) is 8.46. The number of likely N-dealkylation sites (N-methyl/N-ethyl adjacent to an activating group) is 1. The van der Waals surface area contributed by atoms with Crippen LogP contribution in [0.1, 0.15) is 46.0 Å². The van der Waals surface area contributed by atoms with E-state index in [4.69, 9.17) is 0 Å². The minimum atomic E-state index is 0.0867. The molecule has 168 valence electrons. The fourth-order valence-electron chi connectivity index (χ4n) is 5.85. The number of amides is 3. The first-order valence-corrected chi connectivity index (χ1v) is 11.5. The molecule has 4 rings (SSSR count). The zero-order chi connectivity index (χ0) is 21.6. The first-order chi connectivity index (χ1) is 14.3. The average Bonchev–Trinajstić information content (AvgIpc) is 3.45. The summed E-state index contributed by atoms with van der Waals surface area (Å²) in [4.78, 5) is 43.3. The maximum atomic E-state index is 13.1.